The van der Waals surface area contributed by atoms with Crippen LogP contribution in [-0.4, -0.2) is 29.2 Å². The van der Waals surface area contributed by atoms with Gasteiger partial charge in [-0.3, -0.25) is 4.79 Å². The number of hydrogen-bond acceptors (Lipinski definition) is 2. The van der Waals surface area contributed by atoms with Gasteiger partial charge in [0.2, 0.25) is 0 Å². The van der Waals surface area contributed by atoms with Crippen LogP contribution in [0.4, 0.5) is 4.79 Å². The average molecular weight is 240 g/mol. The molecule has 3 N–H and O–H groups in total. The van der Waals surface area contributed by atoms with Crippen LogP contribution in [0, 0.1) is 5.92 Å². The molecule has 0 aromatic heterocycles. The van der Waals surface area contributed by atoms with Crippen molar-refractivity contribution in [2.24, 2.45) is 5.92 Å². The van der Waals surface area contributed by atoms with E-state index in [-0.39, 0.29) is 18.1 Å². The lowest BCUT2D eigenvalue weighted by Crippen LogP contribution is -2.48. The van der Waals surface area contributed by atoms with Crippen molar-refractivity contribution in [1.82, 2.24) is 10.6 Å². The van der Waals surface area contributed by atoms with Crippen LogP contribution in [-0.2, 0) is 4.79 Å². The van der Waals surface area contributed by atoms with Crippen LogP contribution in [0.2, 0.25) is 0 Å². The number of carbonyl (C=O) groups is 2. The van der Waals surface area contributed by atoms with Crippen LogP contribution >= 0.6 is 0 Å². The lowest BCUT2D eigenvalue weighted by molar-refractivity contribution is -0.141. The second-order valence-electron chi connectivity index (χ2n) is 4.51. The SMILES string of the molecule is CC(NC(=O)NC1CC=CCC1)C(C)C(=O)O. The van der Waals surface area contributed by atoms with Gasteiger partial charge in [0.05, 0.1) is 5.92 Å². The summed E-state index contributed by atoms with van der Waals surface area (Å²) in [6.45, 7) is 3.27. The number of nitrogens with one attached hydrogen (secondary N) is 2. The molecule has 0 aliphatic heterocycles. The van der Waals surface area contributed by atoms with Gasteiger partial charge < -0.3 is 15.7 Å². The zero-order valence-corrected chi connectivity index (χ0v) is 10.3. The summed E-state index contributed by atoms with van der Waals surface area (Å²) in [5, 5.41) is 14.3. The van der Waals surface area contributed by atoms with Crippen molar-refractivity contribution >= 4 is 12.0 Å². The molecule has 0 saturated carbocycles. The van der Waals surface area contributed by atoms with Gasteiger partial charge in [-0.05, 0) is 33.1 Å². The fourth-order valence-corrected chi connectivity index (χ4v) is 1.70. The molecule has 0 saturated heterocycles. The fourth-order valence-electron chi connectivity index (χ4n) is 1.70. The highest BCUT2D eigenvalue weighted by Crippen LogP contribution is 2.10. The molecule has 0 radical (unpaired) electrons. The molecule has 96 valence electrons. The largest absolute Gasteiger partial charge is 0.481 e. The highest BCUT2D eigenvalue weighted by molar-refractivity contribution is 5.76. The van der Waals surface area contributed by atoms with Crippen molar-refractivity contribution in [3.63, 3.8) is 0 Å². The molecule has 0 heterocycles. The number of amides is 2. The van der Waals surface area contributed by atoms with E-state index in [1.807, 2.05) is 0 Å². The monoisotopic (exact) mass is 240 g/mol. The van der Waals surface area contributed by atoms with Gasteiger partial charge in [-0.2, -0.15) is 0 Å². The Bertz CT molecular complexity index is 315. The molecule has 3 atom stereocenters. The second kappa shape index (κ2) is 6.27. The Balaban J connectivity index is 2.33. The van der Waals surface area contributed by atoms with Crippen molar-refractivity contribution in [2.45, 2.75) is 45.2 Å². The first-order valence-corrected chi connectivity index (χ1v) is 5.95. The van der Waals surface area contributed by atoms with Crippen LogP contribution in [0.5, 0.6) is 0 Å². The minimum Gasteiger partial charge on any atom is -0.481 e. The Morgan fingerprint density at radius 3 is 2.59 bits per heavy atom. The number of allylic oxidation sites excluding steroid dienone is 1. The van der Waals surface area contributed by atoms with Gasteiger partial charge >= 0.3 is 12.0 Å². The molecule has 1 rings (SSSR count). The molecular weight excluding hydrogens is 220 g/mol. The van der Waals surface area contributed by atoms with E-state index in [9.17, 15) is 9.59 Å². The third-order valence-electron chi connectivity index (χ3n) is 3.10. The van der Waals surface area contributed by atoms with Crippen LogP contribution in [0.15, 0.2) is 12.2 Å². The Hall–Kier alpha value is -1.52. The number of urea groups is 1. The number of aliphatic carboxylic acids is 1. The molecule has 0 aromatic carbocycles. The average Bonchev–Trinajstić information content (AvgIpc) is 2.28. The summed E-state index contributed by atoms with van der Waals surface area (Å²) in [4.78, 5) is 22.3. The van der Waals surface area contributed by atoms with E-state index in [2.05, 4.69) is 22.8 Å². The van der Waals surface area contributed by atoms with E-state index < -0.39 is 11.9 Å². The predicted octanol–water partition coefficient (Wildman–Crippen LogP) is 1.50. The Morgan fingerprint density at radius 2 is 2.06 bits per heavy atom. The van der Waals surface area contributed by atoms with Gasteiger partial charge in [-0.15, -0.1) is 0 Å². The number of carboxylic acid groups (broad SMARTS) is 1. The van der Waals surface area contributed by atoms with Crippen LogP contribution in [0.1, 0.15) is 33.1 Å². The third-order valence-corrected chi connectivity index (χ3v) is 3.10. The molecular formula is C12H20N2O3. The van der Waals surface area contributed by atoms with Gasteiger partial charge in [0, 0.05) is 12.1 Å². The molecule has 0 spiro atoms. The summed E-state index contributed by atoms with van der Waals surface area (Å²) < 4.78 is 0. The Kier molecular flexibility index (Phi) is 5.00. The van der Waals surface area contributed by atoms with Crippen molar-refractivity contribution in [2.75, 3.05) is 0 Å². The highest BCUT2D eigenvalue weighted by Gasteiger charge is 2.21. The van der Waals surface area contributed by atoms with E-state index in [0.717, 1.165) is 19.3 Å². The zero-order valence-electron chi connectivity index (χ0n) is 10.3. The number of carbonyl (C=O) groups excluding carboxylic acids is 1. The molecule has 1 aliphatic rings. The molecule has 3 unspecified atom stereocenters. The topological polar surface area (TPSA) is 78.4 Å². The summed E-state index contributed by atoms with van der Waals surface area (Å²) in [7, 11) is 0. The fraction of sp³-hybridized carbons (Fsp3) is 0.667. The minimum absolute atomic E-state index is 0.160. The van der Waals surface area contributed by atoms with Crippen molar-refractivity contribution in [1.29, 1.82) is 0 Å². The molecule has 2 amide bonds. The predicted molar refractivity (Wildman–Crippen MR) is 64.7 cm³/mol. The Labute approximate surface area is 101 Å². The van der Waals surface area contributed by atoms with Gasteiger partial charge in [0.25, 0.3) is 0 Å². The molecule has 0 bridgehead atoms. The van der Waals surface area contributed by atoms with E-state index in [1.54, 1.807) is 13.8 Å². The maximum atomic E-state index is 11.6. The first-order valence-electron chi connectivity index (χ1n) is 5.95. The first-order chi connectivity index (χ1) is 8.00. The van der Waals surface area contributed by atoms with Crippen molar-refractivity contribution in [3.8, 4) is 0 Å². The third kappa shape index (κ3) is 4.46. The summed E-state index contributed by atoms with van der Waals surface area (Å²) in [6.07, 6.45) is 6.91. The van der Waals surface area contributed by atoms with E-state index in [0.29, 0.717) is 0 Å². The van der Waals surface area contributed by atoms with E-state index in [1.165, 1.54) is 0 Å². The normalized spacial score (nSPS) is 22.6. The highest BCUT2D eigenvalue weighted by atomic mass is 16.4. The smallest absolute Gasteiger partial charge is 0.315 e. The summed E-state index contributed by atoms with van der Waals surface area (Å²) >= 11 is 0. The van der Waals surface area contributed by atoms with Gasteiger partial charge in [0.1, 0.15) is 0 Å². The zero-order chi connectivity index (χ0) is 12.8. The summed E-state index contributed by atoms with van der Waals surface area (Å²) in [5.41, 5.74) is 0. The minimum atomic E-state index is -0.904. The van der Waals surface area contributed by atoms with Crippen LogP contribution < -0.4 is 10.6 Å². The summed E-state index contributed by atoms with van der Waals surface area (Å²) in [6, 6.07) is -0.509. The quantitative estimate of drug-likeness (QED) is 0.652. The Morgan fingerprint density at radius 1 is 1.35 bits per heavy atom. The lowest BCUT2D eigenvalue weighted by Gasteiger charge is -2.23. The lowest BCUT2D eigenvalue weighted by atomic mass is 10.0. The van der Waals surface area contributed by atoms with Crippen molar-refractivity contribution < 1.29 is 14.7 Å². The first kappa shape index (κ1) is 13.5. The van der Waals surface area contributed by atoms with Gasteiger partial charge in [0.15, 0.2) is 0 Å². The maximum absolute atomic E-state index is 11.6. The molecule has 17 heavy (non-hydrogen) atoms. The second-order valence-corrected chi connectivity index (χ2v) is 4.51. The van der Waals surface area contributed by atoms with E-state index >= 15 is 0 Å². The van der Waals surface area contributed by atoms with E-state index in [4.69, 9.17) is 5.11 Å². The maximum Gasteiger partial charge on any atom is 0.315 e. The number of carboxylic acids is 1. The van der Waals surface area contributed by atoms with Gasteiger partial charge in [-0.25, -0.2) is 4.79 Å². The molecule has 5 heteroatoms. The van der Waals surface area contributed by atoms with Gasteiger partial charge in [-0.1, -0.05) is 12.2 Å². The number of rotatable bonds is 4. The molecule has 0 aromatic rings. The molecule has 5 nitrogen and oxygen atoms in total. The molecule has 1 aliphatic carbocycles. The molecule has 0 fully saturated rings. The van der Waals surface area contributed by atoms with Crippen molar-refractivity contribution in [3.05, 3.63) is 12.2 Å². The summed E-state index contributed by atoms with van der Waals surface area (Å²) in [5.74, 6) is -1.49. The number of hydrogen-bond donors (Lipinski definition) is 3. The standard InChI is InChI=1S/C12H20N2O3/c1-8(11(15)16)9(2)13-12(17)14-10-6-4-3-5-7-10/h3-4,8-10H,5-7H2,1-2H3,(H,15,16)(H2,13,14,17). The van der Waals surface area contributed by atoms with Crippen LogP contribution in [0.25, 0.3) is 0 Å². The van der Waals surface area contributed by atoms with Crippen LogP contribution in [0.3, 0.4) is 0 Å².